The van der Waals surface area contributed by atoms with Crippen LogP contribution in [0, 0.1) is 0 Å². The summed E-state index contributed by atoms with van der Waals surface area (Å²) in [7, 11) is 2.09. The van der Waals surface area contributed by atoms with Gasteiger partial charge in [-0.15, -0.1) is 0 Å². The maximum Gasteiger partial charge on any atom is 0.0443 e. The van der Waals surface area contributed by atoms with E-state index in [1.54, 1.807) is 0 Å². The summed E-state index contributed by atoms with van der Waals surface area (Å²) in [6, 6.07) is 0. The molecule has 3 heteroatoms. The smallest absolute Gasteiger partial charge is 0.0443 e. The van der Waals surface area contributed by atoms with Crippen LogP contribution in [0.25, 0.3) is 0 Å². The molecule has 0 aliphatic carbocycles. The van der Waals surface area contributed by atoms with Crippen molar-refractivity contribution in [3.8, 4) is 0 Å². The highest BCUT2D eigenvalue weighted by molar-refractivity contribution is 4.52. The summed E-state index contributed by atoms with van der Waals surface area (Å²) in [5, 5.41) is 17.2. The molecule has 0 aromatic carbocycles. The molecule has 80 valence electrons. The van der Waals surface area contributed by atoms with Gasteiger partial charge in [-0.2, -0.15) is 0 Å². The number of aliphatic hydroxyl groups is 2. The first-order chi connectivity index (χ1) is 6.31. The van der Waals surface area contributed by atoms with Crippen LogP contribution in [0.15, 0.2) is 0 Å². The lowest BCUT2D eigenvalue weighted by molar-refractivity contribution is 0.243. The van der Waals surface area contributed by atoms with E-state index in [9.17, 15) is 0 Å². The van der Waals surface area contributed by atoms with E-state index in [4.69, 9.17) is 10.2 Å². The largest absolute Gasteiger partial charge is 0.396 e. The van der Waals surface area contributed by atoms with Gasteiger partial charge in [-0.05, 0) is 32.9 Å². The first-order valence-electron chi connectivity index (χ1n) is 5.21. The molecule has 13 heavy (non-hydrogen) atoms. The van der Waals surface area contributed by atoms with E-state index >= 15 is 0 Å². The van der Waals surface area contributed by atoms with Gasteiger partial charge in [0.15, 0.2) is 0 Å². The van der Waals surface area contributed by atoms with Crippen LogP contribution in [0.1, 0.15) is 32.1 Å². The predicted molar refractivity (Wildman–Crippen MR) is 54.8 cm³/mol. The summed E-state index contributed by atoms with van der Waals surface area (Å²) in [6.07, 6.45) is 5.32. The number of rotatable bonds is 9. The Bertz CT molecular complexity index is 98.9. The minimum Gasteiger partial charge on any atom is -0.396 e. The quantitative estimate of drug-likeness (QED) is 0.529. The third kappa shape index (κ3) is 9.80. The van der Waals surface area contributed by atoms with Crippen LogP contribution in [0.2, 0.25) is 0 Å². The van der Waals surface area contributed by atoms with Crippen LogP contribution in [0.5, 0.6) is 0 Å². The molecule has 0 saturated heterocycles. The molecular weight excluding hydrogens is 166 g/mol. The summed E-state index contributed by atoms with van der Waals surface area (Å²) in [5.74, 6) is 0. The fourth-order valence-corrected chi connectivity index (χ4v) is 1.30. The zero-order valence-electron chi connectivity index (χ0n) is 8.71. The molecule has 0 aromatic heterocycles. The Labute approximate surface area is 81.4 Å². The lowest BCUT2D eigenvalue weighted by Gasteiger charge is -2.15. The van der Waals surface area contributed by atoms with Crippen LogP contribution in [0.4, 0.5) is 0 Å². The number of hydrogen-bond acceptors (Lipinski definition) is 3. The van der Waals surface area contributed by atoms with Gasteiger partial charge in [0.2, 0.25) is 0 Å². The van der Waals surface area contributed by atoms with E-state index in [0.717, 1.165) is 32.4 Å². The second-order valence-electron chi connectivity index (χ2n) is 3.52. The molecule has 0 aliphatic heterocycles. The average molecular weight is 189 g/mol. The molecule has 0 bridgehead atoms. The highest BCUT2D eigenvalue weighted by Crippen LogP contribution is 2.00. The molecule has 0 fully saturated rings. The van der Waals surface area contributed by atoms with Crippen LogP contribution in [-0.2, 0) is 0 Å². The van der Waals surface area contributed by atoms with Gasteiger partial charge < -0.3 is 15.1 Å². The van der Waals surface area contributed by atoms with Crippen molar-refractivity contribution in [2.24, 2.45) is 0 Å². The Morgan fingerprint density at radius 3 is 1.92 bits per heavy atom. The third-order valence-corrected chi connectivity index (χ3v) is 2.15. The minimum absolute atomic E-state index is 0.287. The SMILES string of the molecule is CN(CCCO)CCCCCCO. The van der Waals surface area contributed by atoms with E-state index < -0.39 is 0 Å². The van der Waals surface area contributed by atoms with Gasteiger partial charge in [0, 0.05) is 19.8 Å². The summed E-state index contributed by atoms with van der Waals surface area (Å²) in [5.41, 5.74) is 0. The van der Waals surface area contributed by atoms with Gasteiger partial charge >= 0.3 is 0 Å². The lowest BCUT2D eigenvalue weighted by Crippen LogP contribution is -2.21. The molecule has 0 radical (unpaired) electrons. The number of hydrogen-bond donors (Lipinski definition) is 2. The van der Waals surface area contributed by atoms with Crippen LogP contribution < -0.4 is 0 Å². The van der Waals surface area contributed by atoms with Crippen molar-refractivity contribution in [3.05, 3.63) is 0 Å². The summed E-state index contributed by atoms with van der Waals surface area (Å²) in [4.78, 5) is 2.25. The van der Waals surface area contributed by atoms with Gasteiger partial charge in [0.05, 0.1) is 0 Å². The Morgan fingerprint density at radius 1 is 0.769 bits per heavy atom. The molecule has 0 unspecified atom stereocenters. The van der Waals surface area contributed by atoms with Crippen molar-refractivity contribution < 1.29 is 10.2 Å². The maximum atomic E-state index is 8.60. The van der Waals surface area contributed by atoms with Crippen LogP contribution >= 0.6 is 0 Å². The van der Waals surface area contributed by atoms with Crippen molar-refractivity contribution in [2.45, 2.75) is 32.1 Å². The van der Waals surface area contributed by atoms with Crippen molar-refractivity contribution in [3.63, 3.8) is 0 Å². The lowest BCUT2D eigenvalue weighted by atomic mass is 10.2. The van der Waals surface area contributed by atoms with E-state index in [0.29, 0.717) is 6.61 Å². The topological polar surface area (TPSA) is 43.7 Å². The summed E-state index contributed by atoms with van der Waals surface area (Å²) < 4.78 is 0. The monoisotopic (exact) mass is 189 g/mol. The standard InChI is InChI=1S/C10H23NO2/c1-11(8-6-10-13)7-4-2-3-5-9-12/h12-13H,2-10H2,1H3. The Balaban J connectivity index is 3.03. The first kappa shape index (κ1) is 12.9. The Hall–Kier alpha value is -0.120. The van der Waals surface area contributed by atoms with Crippen LogP contribution in [-0.4, -0.2) is 48.5 Å². The normalized spacial score (nSPS) is 11.1. The zero-order valence-corrected chi connectivity index (χ0v) is 8.71. The number of aliphatic hydroxyl groups excluding tert-OH is 2. The minimum atomic E-state index is 0.287. The third-order valence-electron chi connectivity index (χ3n) is 2.15. The number of unbranched alkanes of at least 4 members (excludes halogenated alkanes) is 3. The highest BCUT2D eigenvalue weighted by Gasteiger charge is 1.96. The number of nitrogens with zero attached hydrogens (tertiary/aromatic N) is 1. The molecule has 0 aromatic rings. The first-order valence-corrected chi connectivity index (χ1v) is 5.21. The molecule has 0 heterocycles. The van der Waals surface area contributed by atoms with Crippen LogP contribution in [0.3, 0.4) is 0 Å². The van der Waals surface area contributed by atoms with Gasteiger partial charge in [0.25, 0.3) is 0 Å². The van der Waals surface area contributed by atoms with Gasteiger partial charge in [0.1, 0.15) is 0 Å². The van der Waals surface area contributed by atoms with E-state index in [-0.39, 0.29) is 6.61 Å². The molecule has 0 saturated carbocycles. The maximum absolute atomic E-state index is 8.60. The molecular formula is C10H23NO2. The molecule has 2 N–H and O–H groups in total. The Kier molecular flexibility index (Phi) is 9.87. The van der Waals surface area contributed by atoms with E-state index in [2.05, 4.69) is 11.9 Å². The van der Waals surface area contributed by atoms with Crippen molar-refractivity contribution >= 4 is 0 Å². The van der Waals surface area contributed by atoms with Gasteiger partial charge in [-0.3, -0.25) is 0 Å². The molecule has 0 aliphatic rings. The molecule has 0 atom stereocenters. The van der Waals surface area contributed by atoms with Crippen molar-refractivity contribution in [1.82, 2.24) is 4.90 Å². The summed E-state index contributed by atoms with van der Waals surface area (Å²) >= 11 is 0. The van der Waals surface area contributed by atoms with E-state index in [1.807, 2.05) is 0 Å². The molecule has 0 amide bonds. The average Bonchev–Trinajstić information content (AvgIpc) is 2.14. The highest BCUT2D eigenvalue weighted by atomic mass is 16.3. The predicted octanol–water partition coefficient (Wildman–Crippen LogP) is 0.853. The zero-order chi connectivity index (χ0) is 9.94. The second-order valence-corrected chi connectivity index (χ2v) is 3.52. The molecule has 0 spiro atoms. The van der Waals surface area contributed by atoms with Crippen molar-refractivity contribution in [2.75, 3.05) is 33.4 Å². The van der Waals surface area contributed by atoms with Crippen molar-refractivity contribution in [1.29, 1.82) is 0 Å². The molecule has 3 nitrogen and oxygen atoms in total. The molecule has 0 rings (SSSR count). The Morgan fingerprint density at radius 2 is 1.31 bits per heavy atom. The fourth-order valence-electron chi connectivity index (χ4n) is 1.30. The van der Waals surface area contributed by atoms with Gasteiger partial charge in [-0.1, -0.05) is 12.8 Å². The summed E-state index contributed by atoms with van der Waals surface area (Å²) in [6.45, 7) is 2.69. The van der Waals surface area contributed by atoms with Gasteiger partial charge in [-0.25, -0.2) is 0 Å². The van der Waals surface area contributed by atoms with E-state index in [1.165, 1.54) is 12.8 Å². The fraction of sp³-hybridized carbons (Fsp3) is 1.00. The second kappa shape index (κ2) is 9.96.